The van der Waals surface area contributed by atoms with E-state index in [1.165, 1.54) is 48.4 Å². The predicted molar refractivity (Wildman–Crippen MR) is 257 cm³/mol. The largest absolute Gasteiger partial charge is 0.456 e. The van der Waals surface area contributed by atoms with Gasteiger partial charge in [-0.1, -0.05) is 112 Å². The minimum absolute atomic E-state index is 0.0134. The molecule has 0 amide bonds. The van der Waals surface area contributed by atoms with Crippen LogP contribution in [0.2, 0.25) is 0 Å². The molecule has 12 rings (SSSR count). The van der Waals surface area contributed by atoms with Crippen LogP contribution in [-0.2, 0) is 5.41 Å². The van der Waals surface area contributed by atoms with Crippen molar-refractivity contribution < 1.29 is 4.42 Å². The molecule has 0 radical (unpaired) electrons. The zero-order valence-electron chi connectivity index (χ0n) is 33.6. The zero-order chi connectivity index (χ0) is 40.1. The van der Waals surface area contributed by atoms with Crippen LogP contribution < -0.4 is 30.4 Å². The molecule has 8 aromatic carbocycles. The lowest BCUT2D eigenvalue weighted by atomic mass is 9.36. The Bertz CT molecular complexity index is 3240. The molecule has 0 saturated carbocycles. The summed E-state index contributed by atoms with van der Waals surface area (Å²) in [5.41, 5.74) is 16.1. The Balaban J connectivity index is 1.16. The summed E-state index contributed by atoms with van der Waals surface area (Å²) < 4.78 is 9.05. The Hall–Kier alpha value is -7.02. The molecular weight excluding hydrogens is 749 g/mol. The average Bonchev–Trinajstić information content (AvgIpc) is 3.85. The third-order valence-corrected chi connectivity index (χ3v) is 13.6. The second kappa shape index (κ2) is 13.3. The first-order valence-electron chi connectivity index (χ1n) is 20.7. The van der Waals surface area contributed by atoms with Gasteiger partial charge in [-0.3, -0.25) is 0 Å². The van der Waals surface area contributed by atoms with Crippen LogP contribution in [0, 0.1) is 0 Å². The molecule has 2 aromatic heterocycles. The maximum absolute atomic E-state index is 6.37. The van der Waals surface area contributed by atoms with Gasteiger partial charge in [0, 0.05) is 71.1 Å². The van der Waals surface area contributed by atoms with E-state index in [4.69, 9.17) is 4.42 Å². The van der Waals surface area contributed by atoms with Gasteiger partial charge in [-0.25, -0.2) is 0 Å². The summed E-state index contributed by atoms with van der Waals surface area (Å²) >= 11 is 1.94. The molecule has 60 heavy (non-hydrogen) atoms. The van der Waals surface area contributed by atoms with Gasteiger partial charge in [0.15, 0.2) is 0 Å². The molecular formula is C54H40BN3OS. The van der Waals surface area contributed by atoms with Crippen LogP contribution in [0.4, 0.5) is 51.2 Å². The first-order chi connectivity index (χ1) is 29.4. The number of para-hydroxylation sites is 4. The van der Waals surface area contributed by atoms with Gasteiger partial charge in [0.05, 0.1) is 5.69 Å². The number of rotatable bonds is 5. The molecule has 4 heterocycles. The Labute approximate surface area is 354 Å². The third-order valence-electron chi connectivity index (χ3n) is 12.4. The molecule has 4 nitrogen and oxygen atoms in total. The monoisotopic (exact) mass is 789 g/mol. The van der Waals surface area contributed by atoms with E-state index in [-0.39, 0.29) is 12.1 Å². The molecule has 2 aliphatic heterocycles. The Morgan fingerprint density at radius 1 is 0.500 bits per heavy atom. The summed E-state index contributed by atoms with van der Waals surface area (Å²) in [5.74, 6) is 0. The van der Waals surface area contributed by atoms with Gasteiger partial charge in [-0.2, -0.15) is 0 Å². The normalized spacial score (nSPS) is 13.2. The fourth-order valence-corrected chi connectivity index (χ4v) is 10.9. The highest BCUT2D eigenvalue weighted by molar-refractivity contribution is 7.33. The quantitative estimate of drug-likeness (QED) is 0.162. The van der Waals surface area contributed by atoms with Gasteiger partial charge in [-0.15, -0.1) is 11.3 Å². The molecule has 286 valence electrons. The summed E-state index contributed by atoms with van der Waals surface area (Å²) in [6.45, 7) is 6.95. The van der Waals surface area contributed by atoms with E-state index in [1.54, 1.807) is 0 Å². The van der Waals surface area contributed by atoms with Crippen molar-refractivity contribution >= 4 is 117 Å². The van der Waals surface area contributed by atoms with E-state index < -0.39 is 0 Å². The van der Waals surface area contributed by atoms with Crippen molar-refractivity contribution in [1.29, 1.82) is 0 Å². The SMILES string of the molecule is CC(C)(C)c1ccc2sc3c(c2c1)N(c1ccccc1)c1cccc2c1B3c1ccc(N(c3ccccc3)c3ccccc3)cc1N2c1ccc2oc3ccccc3c2c1. The van der Waals surface area contributed by atoms with Crippen molar-refractivity contribution in [3.05, 3.63) is 194 Å². The smallest absolute Gasteiger partial charge is 0.264 e. The van der Waals surface area contributed by atoms with Gasteiger partial charge < -0.3 is 19.1 Å². The van der Waals surface area contributed by atoms with Crippen molar-refractivity contribution in [2.45, 2.75) is 26.2 Å². The first kappa shape index (κ1) is 35.0. The molecule has 6 heteroatoms. The van der Waals surface area contributed by atoms with Crippen molar-refractivity contribution in [2.24, 2.45) is 0 Å². The number of furan rings is 1. The minimum atomic E-state index is 0.0134. The minimum Gasteiger partial charge on any atom is -0.456 e. The van der Waals surface area contributed by atoms with Gasteiger partial charge in [-0.05, 0) is 119 Å². The summed E-state index contributed by atoms with van der Waals surface area (Å²) in [6, 6.07) is 68.6. The van der Waals surface area contributed by atoms with Crippen molar-refractivity contribution in [3.8, 4) is 0 Å². The molecule has 0 unspecified atom stereocenters. The topological polar surface area (TPSA) is 22.9 Å². The summed E-state index contributed by atoms with van der Waals surface area (Å²) in [4.78, 5) is 7.41. The highest BCUT2D eigenvalue weighted by Gasteiger charge is 2.45. The molecule has 0 fully saturated rings. The van der Waals surface area contributed by atoms with Crippen LogP contribution in [0.15, 0.2) is 192 Å². The Kier molecular flexibility index (Phi) is 7.72. The fraction of sp³-hybridized carbons (Fsp3) is 0.0741. The van der Waals surface area contributed by atoms with Crippen LogP contribution in [0.5, 0.6) is 0 Å². The third kappa shape index (κ3) is 5.30. The van der Waals surface area contributed by atoms with Crippen LogP contribution >= 0.6 is 11.3 Å². The number of hydrogen-bond acceptors (Lipinski definition) is 5. The molecule has 10 aromatic rings. The highest BCUT2D eigenvalue weighted by atomic mass is 32.1. The molecule has 0 N–H and O–H groups in total. The fourth-order valence-electron chi connectivity index (χ4n) is 9.59. The van der Waals surface area contributed by atoms with Crippen molar-refractivity contribution in [3.63, 3.8) is 0 Å². The standard InChI is InChI=1S/C54H40BN3OS/c1-54(2,3)35-26-31-50-43(32-35)52-53(60-50)55-44-29-27-40(56(36-16-7-4-8-17-36)37-18-9-5-10-19-37)34-47(44)57(39-28-30-49-42(33-39)41-22-13-14-25-48(41)59-49)45-23-15-24-46(51(45)55)58(52)38-20-11-6-12-21-38/h4-34H,1-3H3. The van der Waals surface area contributed by atoms with Crippen molar-refractivity contribution in [1.82, 2.24) is 0 Å². The Morgan fingerprint density at radius 3 is 1.90 bits per heavy atom. The second-order valence-corrected chi connectivity index (χ2v) is 18.0. The van der Waals surface area contributed by atoms with Gasteiger partial charge in [0.1, 0.15) is 11.2 Å². The average molecular weight is 790 g/mol. The molecule has 0 spiro atoms. The number of nitrogens with zero attached hydrogens (tertiary/aromatic N) is 3. The summed E-state index contributed by atoms with van der Waals surface area (Å²) in [6.07, 6.45) is 0. The van der Waals surface area contributed by atoms with E-state index in [1.807, 2.05) is 17.4 Å². The van der Waals surface area contributed by atoms with Crippen LogP contribution in [0.3, 0.4) is 0 Å². The number of anilines is 9. The van der Waals surface area contributed by atoms with E-state index in [2.05, 4.69) is 217 Å². The van der Waals surface area contributed by atoms with Gasteiger partial charge >= 0.3 is 0 Å². The molecule has 0 bridgehead atoms. The lowest BCUT2D eigenvalue weighted by molar-refractivity contribution is 0.591. The van der Waals surface area contributed by atoms with Gasteiger partial charge in [0.2, 0.25) is 0 Å². The van der Waals surface area contributed by atoms with E-state index >= 15 is 0 Å². The number of benzene rings is 8. The van der Waals surface area contributed by atoms with Gasteiger partial charge in [0.25, 0.3) is 6.71 Å². The number of thiophene rings is 1. The zero-order valence-corrected chi connectivity index (χ0v) is 34.4. The predicted octanol–water partition coefficient (Wildman–Crippen LogP) is 13.7. The van der Waals surface area contributed by atoms with Crippen LogP contribution in [0.1, 0.15) is 26.3 Å². The maximum atomic E-state index is 6.37. The number of hydrogen-bond donors (Lipinski definition) is 0. The summed E-state index contributed by atoms with van der Waals surface area (Å²) in [5, 5.41) is 3.53. The van der Waals surface area contributed by atoms with Crippen LogP contribution in [0.25, 0.3) is 32.0 Å². The van der Waals surface area contributed by atoms with Crippen LogP contribution in [-0.4, -0.2) is 6.71 Å². The molecule has 0 aliphatic carbocycles. The molecule has 0 saturated heterocycles. The number of fused-ring (bicyclic) bond motifs is 9. The second-order valence-electron chi connectivity index (χ2n) is 17.0. The van der Waals surface area contributed by atoms with E-state index in [9.17, 15) is 0 Å². The molecule has 2 aliphatic rings. The van der Waals surface area contributed by atoms with Crippen molar-refractivity contribution in [2.75, 3.05) is 14.7 Å². The maximum Gasteiger partial charge on any atom is 0.264 e. The lowest BCUT2D eigenvalue weighted by Gasteiger charge is -2.43. The van der Waals surface area contributed by atoms with E-state index in [0.717, 1.165) is 56.1 Å². The lowest BCUT2D eigenvalue weighted by Crippen LogP contribution is -2.60. The Morgan fingerprint density at radius 2 is 1.17 bits per heavy atom. The molecule has 0 atom stereocenters. The summed E-state index contributed by atoms with van der Waals surface area (Å²) in [7, 11) is 0. The van der Waals surface area contributed by atoms with E-state index in [0.29, 0.717) is 0 Å². The highest BCUT2D eigenvalue weighted by Crippen LogP contribution is 2.49. The first-order valence-corrected chi connectivity index (χ1v) is 21.5.